The average Bonchev–Trinajstić information content (AvgIpc) is 2.90. The summed E-state index contributed by atoms with van der Waals surface area (Å²) in [6.45, 7) is 1.00. The van der Waals surface area contributed by atoms with Crippen molar-refractivity contribution < 1.29 is 14.3 Å². The number of benzene rings is 4. The molecule has 0 radical (unpaired) electrons. The maximum absolute atomic E-state index is 12.7. The van der Waals surface area contributed by atoms with Gasteiger partial charge in [0.25, 0.3) is 5.91 Å². The lowest BCUT2D eigenvalue weighted by molar-refractivity contribution is 0.0977. The number of carbonyl (C=O) groups excluding carboxylic acids is 1. The monoisotopic (exact) mass is 560 g/mol. The Bertz CT molecular complexity index is 1320. The molecule has 0 aliphatic carbocycles. The molecule has 0 aliphatic heterocycles. The molecule has 182 valence electrons. The van der Waals surface area contributed by atoms with E-state index >= 15 is 0 Å². The van der Waals surface area contributed by atoms with Crippen LogP contribution in [0.3, 0.4) is 0 Å². The molecule has 0 saturated heterocycles. The largest absolute Gasteiger partial charge is 0.492 e. The lowest BCUT2D eigenvalue weighted by atomic mass is 10.2. The van der Waals surface area contributed by atoms with Gasteiger partial charge in [-0.05, 0) is 69.6 Å². The number of hydrogen-bond acceptors (Lipinski definition) is 4. The van der Waals surface area contributed by atoms with E-state index in [4.69, 9.17) is 21.7 Å². The van der Waals surface area contributed by atoms with E-state index in [0.29, 0.717) is 40.4 Å². The second kappa shape index (κ2) is 12.9. The fraction of sp³-hybridized carbons (Fsp3) is 0.103. The Labute approximate surface area is 224 Å². The average molecular weight is 562 g/mol. The van der Waals surface area contributed by atoms with Gasteiger partial charge in [0, 0.05) is 23.7 Å². The lowest BCUT2D eigenvalue weighted by Gasteiger charge is -2.13. The third-order valence-electron chi connectivity index (χ3n) is 5.25. The summed E-state index contributed by atoms with van der Waals surface area (Å²) in [6, 6.07) is 32.7. The fourth-order valence-electron chi connectivity index (χ4n) is 3.42. The normalized spacial score (nSPS) is 10.4. The van der Waals surface area contributed by atoms with Crippen molar-refractivity contribution in [3.05, 3.63) is 124 Å². The van der Waals surface area contributed by atoms with Crippen LogP contribution in [0.25, 0.3) is 0 Å². The van der Waals surface area contributed by atoms with Gasteiger partial charge in [-0.15, -0.1) is 0 Å². The Morgan fingerprint density at radius 3 is 2.25 bits per heavy atom. The van der Waals surface area contributed by atoms with Gasteiger partial charge in [0.15, 0.2) is 5.11 Å². The number of amides is 1. The van der Waals surface area contributed by atoms with Crippen molar-refractivity contribution >= 4 is 44.9 Å². The summed E-state index contributed by atoms with van der Waals surface area (Å²) >= 11 is 8.83. The SMILES string of the molecule is O=C(NC(=S)Nc1cccc(OCc2ccccc2)c1)c1ccc(OCCc2ccccc2)c(Br)c1. The third-order valence-corrected chi connectivity index (χ3v) is 6.08. The predicted molar refractivity (Wildman–Crippen MR) is 151 cm³/mol. The molecule has 7 heteroatoms. The van der Waals surface area contributed by atoms with Crippen molar-refractivity contribution in [2.45, 2.75) is 13.0 Å². The zero-order valence-electron chi connectivity index (χ0n) is 19.4. The highest BCUT2D eigenvalue weighted by molar-refractivity contribution is 9.10. The number of rotatable bonds is 9. The zero-order chi connectivity index (χ0) is 25.2. The third kappa shape index (κ3) is 7.66. The van der Waals surface area contributed by atoms with E-state index in [1.165, 1.54) is 5.56 Å². The summed E-state index contributed by atoms with van der Waals surface area (Å²) in [6.07, 6.45) is 0.800. The van der Waals surface area contributed by atoms with Gasteiger partial charge >= 0.3 is 0 Å². The minimum absolute atomic E-state index is 0.194. The highest BCUT2D eigenvalue weighted by atomic mass is 79.9. The van der Waals surface area contributed by atoms with E-state index in [0.717, 1.165) is 12.0 Å². The van der Waals surface area contributed by atoms with Crippen LogP contribution in [-0.4, -0.2) is 17.6 Å². The summed E-state index contributed by atoms with van der Waals surface area (Å²) in [4.78, 5) is 12.7. The van der Waals surface area contributed by atoms with Crippen LogP contribution in [0.15, 0.2) is 108 Å². The molecule has 0 aliphatic rings. The summed E-state index contributed by atoms with van der Waals surface area (Å²) < 4.78 is 12.4. The Balaban J connectivity index is 1.27. The van der Waals surface area contributed by atoms with Crippen LogP contribution < -0.4 is 20.1 Å². The second-order valence-electron chi connectivity index (χ2n) is 7.94. The van der Waals surface area contributed by atoms with Crippen molar-refractivity contribution in [3.8, 4) is 11.5 Å². The van der Waals surface area contributed by atoms with Gasteiger partial charge < -0.3 is 14.8 Å². The van der Waals surface area contributed by atoms with Crippen molar-refractivity contribution in [1.29, 1.82) is 0 Å². The van der Waals surface area contributed by atoms with E-state index in [9.17, 15) is 4.79 Å². The molecule has 0 fully saturated rings. The van der Waals surface area contributed by atoms with E-state index in [1.54, 1.807) is 18.2 Å². The molecule has 0 saturated carbocycles. The van der Waals surface area contributed by atoms with Gasteiger partial charge in [-0.1, -0.05) is 66.7 Å². The summed E-state index contributed by atoms with van der Waals surface area (Å²) in [7, 11) is 0. The van der Waals surface area contributed by atoms with Crippen LogP contribution in [0.1, 0.15) is 21.5 Å². The molecule has 0 atom stereocenters. The number of anilines is 1. The number of carbonyl (C=O) groups is 1. The number of thiocarbonyl (C=S) groups is 1. The van der Waals surface area contributed by atoms with Gasteiger partial charge in [0.2, 0.25) is 0 Å². The molecule has 0 spiro atoms. The standard InChI is InChI=1S/C29H25BrN2O3S/c30-26-18-23(14-15-27(26)34-17-16-21-8-3-1-4-9-21)28(33)32-29(36)31-24-12-7-13-25(19-24)35-20-22-10-5-2-6-11-22/h1-15,18-19H,16-17,20H2,(H2,31,32,33,36). The smallest absolute Gasteiger partial charge is 0.257 e. The second-order valence-corrected chi connectivity index (χ2v) is 9.20. The van der Waals surface area contributed by atoms with Crippen LogP contribution in [0.5, 0.6) is 11.5 Å². The zero-order valence-corrected chi connectivity index (χ0v) is 21.8. The molecule has 5 nitrogen and oxygen atoms in total. The van der Waals surface area contributed by atoms with Gasteiger partial charge in [0.1, 0.15) is 18.1 Å². The summed E-state index contributed by atoms with van der Waals surface area (Å²) in [5, 5.41) is 5.94. The number of hydrogen-bond donors (Lipinski definition) is 2. The van der Waals surface area contributed by atoms with E-state index in [2.05, 4.69) is 38.7 Å². The van der Waals surface area contributed by atoms with Gasteiger partial charge in [-0.2, -0.15) is 0 Å². The highest BCUT2D eigenvalue weighted by Gasteiger charge is 2.11. The molecule has 0 heterocycles. The quantitative estimate of drug-likeness (QED) is 0.221. The van der Waals surface area contributed by atoms with Crippen LogP contribution in [-0.2, 0) is 13.0 Å². The molecule has 4 aromatic carbocycles. The summed E-state index contributed by atoms with van der Waals surface area (Å²) in [5.41, 5.74) is 3.46. The number of nitrogens with one attached hydrogen (secondary N) is 2. The molecule has 0 unspecified atom stereocenters. The van der Waals surface area contributed by atoms with Crippen LogP contribution in [0.2, 0.25) is 0 Å². The van der Waals surface area contributed by atoms with E-state index < -0.39 is 0 Å². The van der Waals surface area contributed by atoms with Crippen molar-refractivity contribution in [1.82, 2.24) is 5.32 Å². The minimum atomic E-state index is -0.319. The number of ether oxygens (including phenoxy) is 2. The van der Waals surface area contributed by atoms with Crippen LogP contribution >= 0.6 is 28.1 Å². The number of halogens is 1. The minimum Gasteiger partial charge on any atom is -0.492 e. The maximum Gasteiger partial charge on any atom is 0.257 e. The topological polar surface area (TPSA) is 59.6 Å². The molecule has 0 bridgehead atoms. The molecular formula is C29H25BrN2O3S. The first kappa shape index (κ1) is 25.4. The predicted octanol–water partition coefficient (Wildman–Crippen LogP) is 6.78. The van der Waals surface area contributed by atoms with Crippen molar-refractivity contribution in [2.75, 3.05) is 11.9 Å². The molecule has 36 heavy (non-hydrogen) atoms. The fourth-order valence-corrected chi connectivity index (χ4v) is 4.13. The molecule has 2 N–H and O–H groups in total. The molecule has 4 rings (SSSR count). The highest BCUT2D eigenvalue weighted by Crippen LogP contribution is 2.26. The van der Waals surface area contributed by atoms with Gasteiger partial charge in [-0.3, -0.25) is 10.1 Å². The Morgan fingerprint density at radius 1 is 0.806 bits per heavy atom. The molecule has 0 aromatic heterocycles. The molecule has 1 amide bonds. The Kier molecular flexibility index (Phi) is 9.08. The van der Waals surface area contributed by atoms with Crippen molar-refractivity contribution in [2.24, 2.45) is 0 Å². The van der Waals surface area contributed by atoms with Crippen LogP contribution in [0, 0.1) is 0 Å². The summed E-state index contributed by atoms with van der Waals surface area (Å²) in [5.74, 6) is 1.06. The molecular weight excluding hydrogens is 536 g/mol. The van der Waals surface area contributed by atoms with Crippen molar-refractivity contribution in [3.63, 3.8) is 0 Å². The Morgan fingerprint density at radius 2 is 1.53 bits per heavy atom. The van der Waals surface area contributed by atoms with E-state index in [-0.39, 0.29) is 11.0 Å². The first-order valence-electron chi connectivity index (χ1n) is 11.4. The van der Waals surface area contributed by atoms with Gasteiger partial charge in [0.05, 0.1) is 11.1 Å². The van der Waals surface area contributed by atoms with Gasteiger partial charge in [-0.25, -0.2) is 0 Å². The maximum atomic E-state index is 12.7. The molecule has 4 aromatic rings. The van der Waals surface area contributed by atoms with Crippen LogP contribution in [0.4, 0.5) is 5.69 Å². The lowest BCUT2D eigenvalue weighted by Crippen LogP contribution is -2.34. The first-order valence-corrected chi connectivity index (χ1v) is 12.6. The van der Waals surface area contributed by atoms with E-state index in [1.807, 2.05) is 72.8 Å². The Hall–Kier alpha value is -3.68. The first-order chi connectivity index (χ1) is 17.6.